The predicted octanol–water partition coefficient (Wildman–Crippen LogP) is 2.61. The Kier molecular flexibility index (Phi) is 5.59. The van der Waals surface area contributed by atoms with Gasteiger partial charge in [0, 0.05) is 0 Å². The van der Waals surface area contributed by atoms with E-state index < -0.39 is 18.4 Å². The van der Waals surface area contributed by atoms with E-state index in [1.54, 1.807) is 6.92 Å². The molecule has 0 aromatic carbocycles. The summed E-state index contributed by atoms with van der Waals surface area (Å²) in [4.78, 5) is 20.8. The molecule has 0 aliphatic heterocycles. The smallest absolute Gasteiger partial charge is 0.417 e. The zero-order chi connectivity index (χ0) is 11.6. The molecule has 82 valence electrons. The van der Waals surface area contributed by atoms with Gasteiger partial charge in [0.1, 0.15) is 13.1 Å². The van der Waals surface area contributed by atoms with Gasteiger partial charge in [0.05, 0.1) is 0 Å². The minimum Gasteiger partial charge on any atom is -0.473 e. The summed E-state index contributed by atoms with van der Waals surface area (Å²) in [5.74, 6) is -2.91. The monoisotopic (exact) mass is 458 g/mol. The van der Waals surface area contributed by atoms with E-state index in [4.69, 9.17) is 5.11 Å². The molecule has 0 amide bonds. The maximum atomic E-state index is 10.6. The van der Waals surface area contributed by atoms with Crippen molar-refractivity contribution in [2.45, 2.75) is 13.4 Å². The summed E-state index contributed by atoms with van der Waals surface area (Å²) in [7, 11) is 0. The molecule has 0 bridgehead atoms. The van der Waals surface area contributed by atoms with Crippen LogP contribution in [0.25, 0.3) is 0 Å². The topological polar surface area (TPSA) is 63.6 Å². The first-order valence-electron chi connectivity index (χ1n) is 3.23. The van der Waals surface area contributed by atoms with Crippen LogP contribution in [0.3, 0.4) is 0 Å². The Labute approximate surface area is 114 Å². The highest BCUT2D eigenvalue weighted by atomic mass is 79.9. The summed E-state index contributed by atoms with van der Waals surface area (Å²) in [5, 5.41) is 8.25. The van der Waals surface area contributed by atoms with Gasteiger partial charge < -0.3 is 9.84 Å². The first kappa shape index (κ1) is 14.9. The Morgan fingerprint density at radius 3 is 2.00 bits per heavy atom. The standard InChI is InChI=1S/C6H6Br4O4/c1-5(7,8)6(9,10)2-14-4(13)3(11)12/h2H2,1H3,(H,11,12). The number of carboxylic acids is 1. The molecule has 0 heterocycles. The Bertz CT molecular complexity index is 245. The molecular formula is C6H6Br4O4. The van der Waals surface area contributed by atoms with Gasteiger partial charge in [-0.1, -0.05) is 63.7 Å². The Hall–Kier alpha value is 0.860. The lowest BCUT2D eigenvalue weighted by molar-refractivity contribution is -0.163. The minimum absolute atomic E-state index is 0.148. The van der Waals surface area contributed by atoms with Crippen molar-refractivity contribution in [2.75, 3.05) is 6.61 Å². The van der Waals surface area contributed by atoms with E-state index in [0.29, 0.717) is 0 Å². The van der Waals surface area contributed by atoms with Crippen molar-refractivity contribution in [3.8, 4) is 0 Å². The Morgan fingerprint density at radius 2 is 1.71 bits per heavy atom. The van der Waals surface area contributed by atoms with Crippen molar-refractivity contribution >= 4 is 75.7 Å². The number of carboxylic acid groups (broad SMARTS) is 1. The van der Waals surface area contributed by atoms with Gasteiger partial charge in [0.25, 0.3) is 0 Å². The van der Waals surface area contributed by atoms with E-state index in [1.165, 1.54) is 0 Å². The normalized spacial score (nSPS) is 12.4. The fraction of sp³-hybridized carbons (Fsp3) is 0.667. The van der Waals surface area contributed by atoms with Crippen molar-refractivity contribution < 1.29 is 19.4 Å². The maximum absolute atomic E-state index is 10.6. The molecule has 0 unspecified atom stereocenters. The number of carbonyl (C=O) groups is 2. The van der Waals surface area contributed by atoms with E-state index in [0.717, 1.165) is 0 Å². The van der Waals surface area contributed by atoms with Gasteiger partial charge in [-0.05, 0) is 6.92 Å². The number of aliphatic carboxylic acids is 1. The number of ether oxygens (including phenoxy) is 1. The molecule has 14 heavy (non-hydrogen) atoms. The van der Waals surface area contributed by atoms with Crippen molar-refractivity contribution in [2.24, 2.45) is 0 Å². The van der Waals surface area contributed by atoms with Crippen LogP contribution in [0.2, 0.25) is 0 Å². The maximum Gasteiger partial charge on any atom is 0.417 e. The van der Waals surface area contributed by atoms with Crippen LogP contribution in [-0.4, -0.2) is 30.1 Å². The third-order valence-electron chi connectivity index (χ3n) is 1.20. The average molecular weight is 462 g/mol. The van der Waals surface area contributed by atoms with Gasteiger partial charge in [0.2, 0.25) is 0 Å². The van der Waals surface area contributed by atoms with E-state index in [-0.39, 0.29) is 6.61 Å². The SMILES string of the molecule is CC(Br)(Br)C(Br)(Br)COC(=O)C(=O)O. The third kappa shape index (κ3) is 4.59. The molecule has 0 aliphatic rings. The number of halogens is 4. The second-order valence-corrected chi connectivity index (χ2v) is 10.5. The summed E-state index contributed by atoms with van der Waals surface area (Å²) >= 11 is 13.0. The zero-order valence-electron chi connectivity index (χ0n) is 6.89. The quantitative estimate of drug-likeness (QED) is 0.399. The van der Waals surface area contributed by atoms with Gasteiger partial charge in [0.15, 0.2) is 0 Å². The molecular weight excluding hydrogens is 456 g/mol. The number of hydrogen-bond acceptors (Lipinski definition) is 3. The fourth-order valence-electron chi connectivity index (χ4n) is 0.345. The molecule has 4 nitrogen and oxygen atoms in total. The number of rotatable bonds is 3. The molecule has 0 rings (SSSR count). The molecule has 0 aliphatic carbocycles. The summed E-state index contributed by atoms with van der Waals surface area (Å²) in [5.41, 5.74) is 0. The van der Waals surface area contributed by atoms with Crippen LogP contribution in [0.15, 0.2) is 0 Å². The third-order valence-corrected chi connectivity index (χ3v) is 6.73. The molecule has 0 radical (unpaired) electrons. The average Bonchev–Trinajstić information content (AvgIpc) is 1.97. The molecule has 1 N–H and O–H groups in total. The van der Waals surface area contributed by atoms with Crippen LogP contribution in [0.5, 0.6) is 0 Å². The van der Waals surface area contributed by atoms with Crippen molar-refractivity contribution in [1.82, 2.24) is 0 Å². The molecule has 0 atom stereocenters. The lowest BCUT2D eigenvalue weighted by Gasteiger charge is -2.30. The van der Waals surface area contributed by atoms with Gasteiger partial charge >= 0.3 is 11.9 Å². The van der Waals surface area contributed by atoms with Crippen molar-refractivity contribution in [3.05, 3.63) is 0 Å². The highest BCUT2D eigenvalue weighted by Crippen LogP contribution is 2.48. The van der Waals surface area contributed by atoms with Crippen LogP contribution in [0, 0.1) is 0 Å². The van der Waals surface area contributed by atoms with E-state index in [2.05, 4.69) is 68.5 Å². The molecule has 8 heteroatoms. The molecule has 0 saturated heterocycles. The van der Waals surface area contributed by atoms with E-state index >= 15 is 0 Å². The first-order valence-corrected chi connectivity index (χ1v) is 6.41. The van der Waals surface area contributed by atoms with E-state index in [1.807, 2.05) is 0 Å². The number of carbonyl (C=O) groups excluding carboxylic acids is 1. The van der Waals surface area contributed by atoms with Crippen molar-refractivity contribution in [3.63, 3.8) is 0 Å². The minimum atomic E-state index is -1.62. The second-order valence-electron chi connectivity index (χ2n) is 2.47. The Balaban J connectivity index is 4.27. The molecule has 0 spiro atoms. The van der Waals surface area contributed by atoms with Gasteiger partial charge in [-0.15, -0.1) is 0 Å². The largest absolute Gasteiger partial charge is 0.473 e. The first-order chi connectivity index (χ1) is 6.08. The van der Waals surface area contributed by atoms with Crippen molar-refractivity contribution in [1.29, 1.82) is 0 Å². The summed E-state index contributed by atoms with van der Waals surface area (Å²) in [6.07, 6.45) is 0. The molecule has 0 fully saturated rings. The number of alkyl halides is 4. The van der Waals surface area contributed by atoms with E-state index in [9.17, 15) is 9.59 Å². The molecule has 0 saturated carbocycles. The molecule has 0 aromatic rings. The highest BCUT2D eigenvalue weighted by Gasteiger charge is 2.42. The van der Waals surface area contributed by atoms with Gasteiger partial charge in [-0.25, -0.2) is 9.59 Å². The Morgan fingerprint density at radius 1 is 1.29 bits per heavy atom. The van der Waals surface area contributed by atoms with Crippen LogP contribution >= 0.6 is 63.7 Å². The van der Waals surface area contributed by atoms with Crippen LogP contribution in [0.1, 0.15) is 6.92 Å². The number of hydrogen-bond donors (Lipinski definition) is 1. The second kappa shape index (κ2) is 5.27. The van der Waals surface area contributed by atoms with Gasteiger partial charge in [-0.2, -0.15) is 0 Å². The summed E-state index contributed by atoms with van der Waals surface area (Å²) in [6.45, 7) is 1.61. The summed E-state index contributed by atoms with van der Waals surface area (Å²) in [6, 6.07) is 0. The van der Waals surface area contributed by atoms with Gasteiger partial charge in [-0.3, -0.25) is 0 Å². The number of esters is 1. The zero-order valence-corrected chi connectivity index (χ0v) is 13.2. The fourth-order valence-corrected chi connectivity index (χ4v) is 0.802. The lowest BCUT2D eigenvalue weighted by Crippen LogP contribution is -2.37. The molecule has 0 aromatic heterocycles. The highest BCUT2D eigenvalue weighted by molar-refractivity contribution is 9.30. The van der Waals surface area contributed by atoms with Crippen LogP contribution in [-0.2, 0) is 14.3 Å². The summed E-state index contributed by atoms with van der Waals surface area (Å²) < 4.78 is 3.12. The lowest BCUT2D eigenvalue weighted by atomic mass is 10.3. The van der Waals surface area contributed by atoms with Crippen LogP contribution in [0.4, 0.5) is 0 Å². The predicted molar refractivity (Wildman–Crippen MR) is 65.4 cm³/mol. The van der Waals surface area contributed by atoms with Crippen LogP contribution < -0.4 is 0 Å².